The van der Waals surface area contributed by atoms with Gasteiger partial charge in [0.15, 0.2) is 0 Å². The highest BCUT2D eigenvalue weighted by molar-refractivity contribution is 6.32. The van der Waals surface area contributed by atoms with Gasteiger partial charge in [-0.05, 0) is 0 Å². The Morgan fingerprint density at radius 1 is 1.59 bits per heavy atom. The summed E-state index contributed by atoms with van der Waals surface area (Å²) < 4.78 is 23.5. The number of nitro benzene ring substituents is 1. The lowest BCUT2D eigenvalue weighted by atomic mass is 10.1. The van der Waals surface area contributed by atoms with Crippen molar-refractivity contribution in [2.24, 2.45) is 5.92 Å². The van der Waals surface area contributed by atoms with Gasteiger partial charge in [-0.1, -0.05) is 11.6 Å². The van der Waals surface area contributed by atoms with Crippen LogP contribution in [0.1, 0.15) is 0 Å². The van der Waals surface area contributed by atoms with Gasteiger partial charge in [-0.15, -0.1) is 0 Å². The zero-order valence-corrected chi connectivity index (χ0v) is 9.45. The molecule has 1 aromatic carbocycles. The Kier molecular flexibility index (Phi) is 3.44. The molecular weight excluding hydrogens is 253 g/mol. The molecule has 1 aliphatic rings. The summed E-state index contributed by atoms with van der Waals surface area (Å²) in [6.45, 7) is 1.57. The minimum Gasteiger partial charge on any atom is -0.491 e. The Bertz CT molecular complexity index is 450. The minimum absolute atomic E-state index is 0.0262. The maximum atomic E-state index is 13.3. The second-order valence-corrected chi connectivity index (χ2v) is 4.11. The number of nitro groups is 1. The van der Waals surface area contributed by atoms with Crippen LogP contribution in [0.15, 0.2) is 12.1 Å². The van der Waals surface area contributed by atoms with E-state index in [0.717, 1.165) is 12.1 Å². The summed E-state index contributed by atoms with van der Waals surface area (Å²) >= 11 is 5.76. The zero-order valence-electron chi connectivity index (χ0n) is 8.69. The first-order chi connectivity index (χ1) is 8.08. The lowest BCUT2D eigenvalue weighted by Gasteiger charge is -2.25. The van der Waals surface area contributed by atoms with Crippen molar-refractivity contribution >= 4 is 17.3 Å². The van der Waals surface area contributed by atoms with Crippen molar-refractivity contribution in [1.82, 2.24) is 0 Å². The van der Waals surface area contributed by atoms with Gasteiger partial charge in [-0.3, -0.25) is 10.1 Å². The third-order valence-corrected chi connectivity index (χ3v) is 2.68. The van der Waals surface area contributed by atoms with E-state index in [9.17, 15) is 14.5 Å². The molecule has 1 aliphatic heterocycles. The van der Waals surface area contributed by atoms with E-state index in [1.807, 2.05) is 0 Å². The fraction of sp³-hybridized carbons (Fsp3) is 0.400. The first-order valence-corrected chi connectivity index (χ1v) is 5.29. The van der Waals surface area contributed by atoms with Crippen molar-refractivity contribution in [2.45, 2.75) is 0 Å². The highest BCUT2D eigenvalue weighted by Crippen LogP contribution is 2.32. The molecule has 2 rings (SSSR count). The third kappa shape index (κ3) is 2.65. The molecule has 0 unspecified atom stereocenters. The normalized spacial score (nSPS) is 15.4. The molecule has 0 aromatic heterocycles. The maximum absolute atomic E-state index is 13.3. The van der Waals surface area contributed by atoms with E-state index in [1.54, 1.807) is 0 Å². The van der Waals surface area contributed by atoms with Crippen LogP contribution in [-0.2, 0) is 4.74 Å². The summed E-state index contributed by atoms with van der Waals surface area (Å²) in [6.07, 6.45) is 0. The summed E-state index contributed by atoms with van der Waals surface area (Å²) in [5.74, 6) is -0.578. The van der Waals surface area contributed by atoms with E-state index in [4.69, 9.17) is 21.1 Å². The molecule has 0 amide bonds. The first-order valence-electron chi connectivity index (χ1n) is 4.92. The van der Waals surface area contributed by atoms with E-state index in [1.165, 1.54) is 0 Å². The third-order valence-electron chi connectivity index (χ3n) is 2.38. The Morgan fingerprint density at radius 2 is 2.29 bits per heavy atom. The van der Waals surface area contributed by atoms with E-state index in [2.05, 4.69) is 0 Å². The summed E-state index contributed by atoms with van der Waals surface area (Å²) in [5, 5.41) is 10.5. The van der Waals surface area contributed by atoms with Gasteiger partial charge in [0.25, 0.3) is 0 Å². The number of halogens is 2. The fourth-order valence-corrected chi connectivity index (χ4v) is 1.57. The predicted octanol–water partition coefficient (Wildman–Crippen LogP) is 2.41. The van der Waals surface area contributed by atoms with Gasteiger partial charge in [0, 0.05) is 18.1 Å². The monoisotopic (exact) mass is 261 g/mol. The van der Waals surface area contributed by atoms with Gasteiger partial charge in [0.2, 0.25) is 5.82 Å². The van der Waals surface area contributed by atoms with E-state index < -0.39 is 16.4 Å². The van der Waals surface area contributed by atoms with E-state index in [0.29, 0.717) is 19.8 Å². The zero-order chi connectivity index (χ0) is 12.4. The first kappa shape index (κ1) is 12.1. The van der Waals surface area contributed by atoms with Crippen LogP contribution in [-0.4, -0.2) is 24.7 Å². The van der Waals surface area contributed by atoms with Gasteiger partial charge in [0.1, 0.15) is 5.75 Å². The van der Waals surface area contributed by atoms with Crippen molar-refractivity contribution in [3.8, 4) is 5.75 Å². The second-order valence-electron chi connectivity index (χ2n) is 3.71. The van der Waals surface area contributed by atoms with Gasteiger partial charge < -0.3 is 9.47 Å². The molecule has 17 heavy (non-hydrogen) atoms. The van der Waals surface area contributed by atoms with Crippen LogP contribution in [0.4, 0.5) is 10.1 Å². The second kappa shape index (κ2) is 4.85. The van der Waals surface area contributed by atoms with Crippen molar-refractivity contribution in [2.75, 3.05) is 19.8 Å². The Labute approximate surface area is 101 Å². The van der Waals surface area contributed by atoms with Crippen LogP contribution >= 0.6 is 11.6 Å². The lowest BCUT2D eigenvalue weighted by Crippen LogP contribution is -2.32. The highest BCUT2D eigenvalue weighted by atomic mass is 35.5. The van der Waals surface area contributed by atoms with Crippen LogP contribution in [0, 0.1) is 21.8 Å². The van der Waals surface area contributed by atoms with Crippen LogP contribution < -0.4 is 4.74 Å². The van der Waals surface area contributed by atoms with Crippen LogP contribution in [0.3, 0.4) is 0 Å². The Morgan fingerprint density at radius 3 is 2.82 bits per heavy atom. The molecule has 1 aromatic rings. The molecular formula is C10H9ClFNO4. The average molecular weight is 262 g/mol. The molecule has 0 radical (unpaired) electrons. The molecule has 0 bridgehead atoms. The number of nitrogens with zero attached hydrogens (tertiary/aromatic N) is 1. The smallest absolute Gasteiger partial charge is 0.306 e. The van der Waals surface area contributed by atoms with E-state index in [-0.39, 0.29) is 16.7 Å². The SMILES string of the molecule is O=[N+]([O-])c1cc(Cl)c(OCC2COC2)cc1F. The lowest BCUT2D eigenvalue weighted by molar-refractivity contribution is -0.387. The number of ether oxygens (including phenoxy) is 2. The molecule has 0 spiro atoms. The molecule has 0 aliphatic carbocycles. The van der Waals surface area contributed by atoms with Gasteiger partial charge >= 0.3 is 5.69 Å². The molecule has 1 fully saturated rings. The van der Waals surface area contributed by atoms with Crippen LogP contribution in [0.5, 0.6) is 5.75 Å². The topological polar surface area (TPSA) is 61.6 Å². The standard InChI is InChI=1S/C10H9ClFNO4/c11-7-1-9(13(14)15)8(12)2-10(7)17-5-6-3-16-4-6/h1-2,6H,3-5H2. The summed E-state index contributed by atoms with van der Waals surface area (Å²) in [5.41, 5.74) is -0.658. The van der Waals surface area contributed by atoms with Gasteiger partial charge in [-0.25, -0.2) is 0 Å². The number of hydrogen-bond donors (Lipinski definition) is 0. The fourth-order valence-electron chi connectivity index (χ4n) is 1.36. The minimum atomic E-state index is -0.959. The summed E-state index contributed by atoms with van der Waals surface area (Å²) in [4.78, 5) is 9.63. The van der Waals surface area contributed by atoms with Crippen molar-refractivity contribution in [3.63, 3.8) is 0 Å². The Balaban J connectivity index is 2.11. The molecule has 5 nitrogen and oxygen atoms in total. The molecule has 1 saturated heterocycles. The molecule has 1 heterocycles. The Hall–Kier alpha value is -1.40. The largest absolute Gasteiger partial charge is 0.491 e. The maximum Gasteiger partial charge on any atom is 0.306 e. The highest BCUT2D eigenvalue weighted by Gasteiger charge is 2.22. The molecule has 92 valence electrons. The average Bonchev–Trinajstić information content (AvgIpc) is 2.19. The summed E-state index contributed by atoms with van der Waals surface area (Å²) in [6, 6.07) is 1.88. The molecule has 0 N–H and O–H groups in total. The van der Waals surface area contributed by atoms with Crippen LogP contribution in [0.2, 0.25) is 5.02 Å². The molecule has 0 atom stereocenters. The number of benzene rings is 1. The summed E-state index contributed by atoms with van der Waals surface area (Å²) in [7, 11) is 0. The van der Waals surface area contributed by atoms with Gasteiger partial charge in [0.05, 0.1) is 29.8 Å². The van der Waals surface area contributed by atoms with Crippen LogP contribution in [0.25, 0.3) is 0 Å². The molecule has 7 heteroatoms. The predicted molar refractivity (Wildman–Crippen MR) is 57.9 cm³/mol. The van der Waals surface area contributed by atoms with Crippen molar-refractivity contribution in [1.29, 1.82) is 0 Å². The van der Waals surface area contributed by atoms with E-state index >= 15 is 0 Å². The number of rotatable bonds is 4. The molecule has 0 saturated carbocycles. The van der Waals surface area contributed by atoms with Crippen molar-refractivity contribution in [3.05, 3.63) is 33.1 Å². The van der Waals surface area contributed by atoms with Crippen molar-refractivity contribution < 1.29 is 18.8 Å². The quantitative estimate of drug-likeness (QED) is 0.617. The number of hydrogen-bond acceptors (Lipinski definition) is 4. The van der Waals surface area contributed by atoms with Gasteiger partial charge in [-0.2, -0.15) is 4.39 Å².